The predicted octanol–water partition coefficient (Wildman–Crippen LogP) is 5.12. The van der Waals surface area contributed by atoms with Gasteiger partial charge in [0.15, 0.2) is 0 Å². The molecule has 1 aliphatic rings. The summed E-state index contributed by atoms with van der Waals surface area (Å²) in [6, 6.07) is 7.03. The average Bonchev–Trinajstić information content (AvgIpc) is 3.09. The maximum absolute atomic E-state index is 13.2. The Kier molecular flexibility index (Phi) is 4.89. The van der Waals surface area contributed by atoms with Crippen LogP contribution in [0.1, 0.15) is 25.7 Å². The molecule has 2 aromatic rings. The molecule has 3 nitrogen and oxygen atoms in total. The van der Waals surface area contributed by atoms with E-state index in [1.54, 1.807) is 24.4 Å². The maximum atomic E-state index is 13.2. The Labute approximate surface area is 141 Å². The second-order valence-corrected chi connectivity index (χ2v) is 6.84. The van der Waals surface area contributed by atoms with Gasteiger partial charge in [0.05, 0.1) is 5.92 Å². The Morgan fingerprint density at radius 1 is 1.25 bits per heavy atom. The molecule has 0 aliphatic heterocycles. The minimum absolute atomic E-state index is 0.0285. The standard InChI is InChI=1S/C17H17F3N2OS/c18-17(19,20)14-7-2-1-6-13(14)15(23)22-12-5-3-4-11(10-12)16-21-8-9-24-16/h3-5,8-10,13-14H,1-2,6-7H2,(H,22,23). The van der Waals surface area contributed by atoms with Gasteiger partial charge in [0.2, 0.25) is 5.91 Å². The van der Waals surface area contributed by atoms with Crippen molar-refractivity contribution in [2.24, 2.45) is 11.8 Å². The number of amides is 1. The highest BCUT2D eigenvalue weighted by Crippen LogP contribution is 2.42. The summed E-state index contributed by atoms with van der Waals surface area (Å²) in [5, 5.41) is 5.30. The summed E-state index contributed by atoms with van der Waals surface area (Å²) in [6.07, 6.45) is -1.16. The lowest BCUT2D eigenvalue weighted by atomic mass is 9.78. The molecule has 0 bridgehead atoms. The molecule has 1 fully saturated rings. The molecule has 1 saturated carbocycles. The summed E-state index contributed by atoms with van der Waals surface area (Å²) in [7, 11) is 0. The zero-order valence-corrected chi connectivity index (χ0v) is 13.7. The third-order valence-electron chi connectivity index (χ3n) is 4.33. The topological polar surface area (TPSA) is 42.0 Å². The molecule has 24 heavy (non-hydrogen) atoms. The first-order chi connectivity index (χ1) is 11.4. The number of hydrogen-bond donors (Lipinski definition) is 1. The molecule has 0 radical (unpaired) electrons. The van der Waals surface area contributed by atoms with Crippen LogP contribution in [0.4, 0.5) is 18.9 Å². The van der Waals surface area contributed by atoms with Gasteiger partial charge in [0, 0.05) is 28.7 Å². The van der Waals surface area contributed by atoms with Gasteiger partial charge in [-0.15, -0.1) is 11.3 Å². The molecule has 1 aromatic heterocycles. The van der Waals surface area contributed by atoms with Crippen molar-refractivity contribution >= 4 is 22.9 Å². The van der Waals surface area contributed by atoms with Crippen LogP contribution < -0.4 is 5.32 Å². The zero-order valence-electron chi connectivity index (χ0n) is 12.8. The number of benzene rings is 1. The van der Waals surface area contributed by atoms with E-state index in [0.29, 0.717) is 18.5 Å². The molecular weight excluding hydrogens is 337 g/mol. The van der Waals surface area contributed by atoms with Crippen molar-refractivity contribution in [1.29, 1.82) is 0 Å². The summed E-state index contributed by atoms with van der Waals surface area (Å²) in [4.78, 5) is 16.6. The second kappa shape index (κ2) is 6.93. The molecule has 1 aromatic carbocycles. The van der Waals surface area contributed by atoms with Crippen LogP contribution in [0.25, 0.3) is 10.6 Å². The number of carbonyl (C=O) groups excluding carboxylic acids is 1. The summed E-state index contributed by atoms with van der Waals surface area (Å²) in [6.45, 7) is 0. The predicted molar refractivity (Wildman–Crippen MR) is 87.7 cm³/mol. The van der Waals surface area contributed by atoms with E-state index in [0.717, 1.165) is 10.6 Å². The highest BCUT2D eigenvalue weighted by atomic mass is 32.1. The number of halogens is 3. The highest BCUT2D eigenvalue weighted by molar-refractivity contribution is 7.13. The van der Waals surface area contributed by atoms with Gasteiger partial charge in [-0.3, -0.25) is 4.79 Å². The van der Waals surface area contributed by atoms with E-state index in [9.17, 15) is 18.0 Å². The highest BCUT2D eigenvalue weighted by Gasteiger charge is 2.48. The average molecular weight is 354 g/mol. The van der Waals surface area contributed by atoms with Crippen molar-refractivity contribution in [1.82, 2.24) is 4.98 Å². The van der Waals surface area contributed by atoms with E-state index >= 15 is 0 Å². The van der Waals surface area contributed by atoms with Crippen LogP contribution in [-0.4, -0.2) is 17.1 Å². The molecule has 0 spiro atoms. The Morgan fingerprint density at radius 2 is 2.04 bits per heavy atom. The van der Waals surface area contributed by atoms with Crippen molar-refractivity contribution in [3.63, 3.8) is 0 Å². The number of thiazole rings is 1. The van der Waals surface area contributed by atoms with Crippen LogP contribution in [-0.2, 0) is 4.79 Å². The van der Waals surface area contributed by atoms with Gasteiger partial charge in [0.25, 0.3) is 0 Å². The minimum Gasteiger partial charge on any atom is -0.326 e. The smallest absolute Gasteiger partial charge is 0.326 e. The van der Waals surface area contributed by atoms with E-state index in [1.807, 2.05) is 11.4 Å². The van der Waals surface area contributed by atoms with E-state index in [4.69, 9.17) is 0 Å². The lowest BCUT2D eigenvalue weighted by Crippen LogP contribution is -2.39. The summed E-state index contributed by atoms with van der Waals surface area (Å²) in [5.41, 5.74) is 1.33. The van der Waals surface area contributed by atoms with Gasteiger partial charge in [-0.2, -0.15) is 13.2 Å². The summed E-state index contributed by atoms with van der Waals surface area (Å²) >= 11 is 1.46. The number of rotatable bonds is 3. The molecule has 2 unspecified atom stereocenters. The number of carbonyl (C=O) groups is 1. The number of aromatic nitrogens is 1. The van der Waals surface area contributed by atoms with Gasteiger partial charge < -0.3 is 5.32 Å². The van der Waals surface area contributed by atoms with E-state index in [-0.39, 0.29) is 12.8 Å². The Bertz CT molecular complexity index is 700. The fourth-order valence-electron chi connectivity index (χ4n) is 3.17. The number of hydrogen-bond acceptors (Lipinski definition) is 3. The molecule has 1 aliphatic carbocycles. The number of nitrogens with zero attached hydrogens (tertiary/aromatic N) is 1. The van der Waals surface area contributed by atoms with Crippen molar-refractivity contribution in [3.8, 4) is 10.6 Å². The first-order valence-electron chi connectivity index (χ1n) is 7.82. The molecule has 7 heteroatoms. The number of alkyl halides is 3. The third kappa shape index (κ3) is 3.77. The van der Waals surface area contributed by atoms with Crippen molar-refractivity contribution in [3.05, 3.63) is 35.8 Å². The van der Waals surface area contributed by atoms with Crippen molar-refractivity contribution in [2.45, 2.75) is 31.9 Å². The fourth-order valence-corrected chi connectivity index (χ4v) is 3.80. The lowest BCUT2D eigenvalue weighted by Gasteiger charge is -2.32. The Balaban J connectivity index is 1.75. The van der Waals surface area contributed by atoms with E-state index in [2.05, 4.69) is 10.3 Å². The number of nitrogens with one attached hydrogen (secondary N) is 1. The summed E-state index contributed by atoms with van der Waals surface area (Å²) in [5.74, 6) is -3.11. The molecule has 128 valence electrons. The van der Waals surface area contributed by atoms with Crippen LogP contribution in [0, 0.1) is 11.8 Å². The molecular formula is C17H17F3N2OS. The van der Waals surface area contributed by atoms with Crippen LogP contribution >= 0.6 is 11.3 Å². The largest absolute Gasteiger partial charge is 0.392 e. The molecule has 1 heterocycles. The second-order valence-electron chi connectivity index (χ2n) is 5.95. The monoisotopic (exact) mass is 354 g/mol. The SMILES string of the molecule is O=C(Nc1cccc(-c2nccs2)c1)C1CCCCC1C(F)(F)F. The van der Waals surface area contributed by atoms with Crippen LogP contribution in [0.3, 0.4) is 0 Å². The van der Waals surface area contributed by atoms with Gasteiger partial charge in [-0.1, -0.05) is 25.0 Å². The first kappa shape index (κ1) is 17.0. The Hall–Kier alpha value is -1.89. The minimum atomic E-state index is -4.33. The third-order valence-corrected chi connectivity index (χ3v) is 5.15. The van der Waals surface area contributed by atoms with Crippen LogP contribution in [0.5, 0.6) is 0 Å². The van der Waals surface area contributed by atoms with Crippen molar-refractivity contribution in [2.75, 3.05) is 5.32 Å². The van der Waals surface area contributed by atoms with Crippen LogP contribution in [0.2, 0.25) is 0 Å². The molecule has 2 atom stereocenters. The molecule has 1 N–H and O–H groups in total. The van der Waals surface area contributed by atoms with Gasteiger partial charge in [0.1, 0.15) is 5.01 Å². The molecule has 3 rings (SSSR count). The fraction of sp³-hybridized carbons (Fsp3) is 0.412. The molecule has 1 amide bonds. The quantitative estimate of drug-likeness (QED) is 0.831. The van der Waals surface area contributed by atoms with Gasteiger partial charge in [-0.05, 0) is 25.0 Å². The normalized spacial score (nSPS) is 21.5. The van der Waals surface area contributed by atoms with Gasteiger partial charge >= 0.3 is 6.18 Å². The van der Waals surface area contributed by atoms with E-state index in [1.165, 1.54) is 11.3 Å². The zero-order chi connectivity index (χ0) is 17.2. The Morgan fingerprint density at radius 3 is 2.75 bits per heavy atom. The molecule has 0 saturated heterocycles. The first-order valence-corrected chi connectivity index (χ1v) is 8.70. The maximum Gasteiger partial charge on any atom is 0.392 e. The van der Waals surface area contributed by atoms with Crippen LogP contribution in [0.15, 0.2) is 35.8 Å². The van der Waals surface area contributed by atoms with Gasteiger partial charge in [-0.25, -0.2) is 4.98 Å². The summed E-state index contributed by atoms with van der Waals surface area (Å²) < 4.78 is 39.5. The van der Waals surface area contributed by atoms with Crippen molar-refractivity contribution < 1.29 is 18.0 Å². The number of anilines is 1. The van der Waals surface area contributed by atoms with E-state index < -0.39 is 23.9 Å². The lowest BCUT2D eigenvalue weighted by molar-refractivity contribution is -0.197.